The van der Waals surface area contributed by atoms with E-state index >= 15 is 0 Å². The Kier molecular flexibility index (Phi) is 6.60. The minimum Gasteiger partial charge on any atom is -0.497 e. The average molecular weight is 423 g/mol. The number of hydrogen-bond donors (Lipinski definition) is 0. The number of hydrogen-bond acceptors (Lipinski definition) is 5. The molecule has 3 aromatic rings. The van der Waals surface area contributed by atoms with Crippen LogP contribution < -0.4 is 4.74 Å². The molecule has 1 atom stereocenters. The zero-order valence-electron chi connectivity index (χ0n) is 17.6. The Morgan fingerprint density at radius 1 is 1.13 bits per heavy atom. The summed E-state index contributed by atoms with van der Waals surface area (Å²) in [6.07, 6.45) is 4.86. The van der Waals surface area contributed by atoms with E-state index in [0.29, 0.717) is 30.1 Å². The van der Waals surface area contributed by atoms with Crippen molar-refractivity contribution in [3.8, 4) is 17.1 Å². The Morgan fingerprint density at radius 3 is 2.65 bits per heavy atom. The van der Waals surface area contributed by atoms with Crippen LogP contribution in [0.2, 0.25) is 0 Å². The van der Waals surface area contributed by atoms with Gasteiger partial charge in [0.2, 0.25) is 17.6 Å². The van der Waals surface area contributed by atoms with Gasteiger partial charge in [-0.2, -0.15) is 4.98 Å². The Hall–Kier alpha value is -3.22. The summed E-state index contributed by atoms with van der Waals surface area (Å²) in [4.78, 5) is 19.5. The number of methoxy groups -OCH3 is 1. The van der Waals surface area contributed by atoms with Gasteiger partial charge in [-0.15, -0.1) is 0 Å². The molecule has 0 unspecified atom stereocenters. The molecule has 1 amide bonds. The van der Waals surface area contributed by atoms with E-state index in [1.807, 2.05) is 29.2 Å². The number of likely N-dealkylation sites (tertiary alicyclic amines) is 1. The third kappa shape index (κ3) is 5.10. The van der Waals surface area contributed by atoms with Gasteiger partial charge in [0.15, 0.2) is 0 Å². The number of carbonyl (C=O) groups is 1. The number of nitrogens with zero attached hydrogens (tertiary/aromatic N) is 3. The molecule has 1 aliphatic heterocycles. The lowest BCUT2D eigenvalue weighted by atomic mass is 10.00. The van der Waals surface area contributed by atoms with Gasteiger partial charge in [0.25, 0.3) is 0 Å². The van der Waals surface area contributed by atoms with Crippen molar-refractivity contribution in [3.63, 3.8) is 0 Å². The van der Waals surface area contributed by atoms with Crippen LogP contribution in [0.4, 0.5) is 4.39 Å². The lowest BCUT2D eigenvalue weighted by molar-refractivity contribution is -0.133. The van der Waals surface area contributed by atoms with Crippen LogP contribution in [0.1, 0.15) is 49.6 Å². The maximum Gasteiger partial charge on any atom is 0.227 e. The second-order valence-electron chi connectivity index (χ2n) is 7.74. The maximum absolute atomic E-state index is 13.1. The highest BCUT2D eigenvalue weighted by Gasteiger charge is 2.27. The first-order valence-electron chi connectivity index (χ1n) is 10.7. The minimum absolute atomic E-state index is 0.0679. The molecule has 7 heteroatoms. The second-order valence-corrected chi connectivity index (χ2v) is 7.74. The number of ether oxygens (including phenoxy) is 1. The lowest BCUT2D eigenvalue weighted by Gasteiger charge is -2.30. The summed E-state index contributed by atoms with van der Waals surface area (Å²) in [5.74, 6) is 1.38. The van der Waals surface area contributed by atoms with E-state index in [1.165, 1.54) is 12.1 Å². The summed E-state index contributed by atoms with van der Waals surface area (Å²) in [7, 11) is 1.65. The van der Waals surface area contributed by atoms with Gasteiger partial charge in [-0.25, -0.2) is 4.39 Å². The molecule has 2 heterocycles. The Bertz CT molecular complexity index is 1000. The highest BCUT2D eigenvalue weighted by molar-refractivity contribution is 5.77. The smallest absolute Gasteiger partial charge is 0.227 e. The van der Waals surface area contributed by atoms with Crippen LogP contribution in [0.15, 0.2) is 53.1 Å². The van der Waals surface area contributed by atoms with E-state index in [9.17, 15) is 9.18 Å². The largest absolute Gasteiger partial charge is 0.497 e. The molecule has 6 nitrogen and oxygen atoms in total. The lowest BCUT2D eigenvalue weighted by Crippen LogP contribution is -2.35. The van der Waals surface area contributed by atoms with E-state index in [4.69, 9.17) is 9.26 Å². The average Bonchev–Trinajstić information content (AvgIpc) is 3.14. The summed E-state index contributed by atoms with van der Waals surface area (Å²) in [5.41, 5.74) is 1.81. The Balaban J connectivity index is 1.42. The van der Waals surface area contributed by atoms with Gasteiger partial charge in [-0.1, -0.05) is 30.1 Å². The van der Waals surface area contributed by atoms with Gasteiger partial charge < -0.3 is 14.2 Å². The Morgan fingerprint density at radius 2 is 1.90 bits per heavy atom. The zero-order valence-corrected chi connectivity index (χ0v) is 17.6. The first kappa shape index (κ1) is 21.0. The predicted molar refractivity (Wildman–Crippen MR) is 114 cm³/mol. The van der Waals surface area contributed by atoms with Crippen LogP contribution in [-0.2, 0) is 11.2 Å². The third-order valence-electron chi connectivity index (χ3n) is 5.70. The van der Waals surface area contributed by atoms with Gasteiger partial charge >= 0.3 is 0 Å². The molecule has 162 valence electrons. The quantitative estimate of drug-likeness (QED) is 0.560. The van der Waals surface area contributed by atoms with E-state index in [0.717, 1.165) is 43.5 Å². The highest BCUT2D eigenvalue weighted by Crippen LogP contribution is 2.32. The zero-order chi connectivity index (χ0) is 21.6. The number of carbonyl (C=O) groups excluding carboxylic acids is 1. The van der Waals surface area contributed by atoms with Crippen molar-refractivity contribution >= 4 is 5.91 Å². The summed E-state index contributed by atoms with van der Waals surface area (Å²) >= 11 is 0. The molecule has 1 aliphatic rings. The normalized spacial score (nSPS) is 16.7. The molecular formula is C24H26FN3O3. The van der Waals surface area contributed by atoms with E-state index in [1.54, 1.807) is 19.2 Å². The molecule has 4 rings (SSSR count). The molecule has 0 bridgehead atoms. The van der Waals surface area contributed by atoms with Crippen molar-refractivity contribution in [2.45, 2.75) is 44.6 Å². The van der Waals surface area contributed by atoms with Crippen molar-refractivity contribution in [3.05, 3.63) is 65.8 Å². The second kappa shape index (κ2) is 9.73. The first-order chi connectivity index (χ1) is 15.1. The van der Waals surface area contributed by atoms with E-state index in [2.05, 4.69) is 10.1 Å². The summed E-state index contributed by atoms with van der Waals surface area (Å²) in [6, 6.07) is 14.0. The molecule has 0 aliphatic carbocycles. The van der Waals surface area contributed by atoms with Crippen molar-refractivity contribution in [1.82, 2.24) is 15.0 Å². The van der Waals surface area contributed by atoms with Gasteiger partial charge in [-0.05, 0) is 54.8 Å². The number of amides is 1. The molecule has 1 saturated heterocycles. The fourth-order valence-corrected chi connectivity index (χ4v) is 4.01. The summed E-state index contributed by atoms with van der Waals surface area (Å²) in [6.45, 7) is 0.750. The number of rotatable bonds is 6. The molecule has 0 radical (unpaired) electrons. The molecule has 31 heavy (non-hydrogen) atoms. The van der Waals surface area contributed by atoms with E-state index < -0.39 is 0 Å². The van der Waals surface area contributed by atoms with Crippen LogP contribution in [0.25, 0.3) is 11.4 Å². The molecular weight excluding hydrogens is 397 g/mol. The van der Waals surface area contributed by atoms with Gasteiger partial charge in [-0.3, -0.25) is 4.79 Å². The SMILES string of the molecule is COc1ccc([C@@H]2CCCCCN2C(=O)CCc2nc(-c3ccc(F)cc3)no2)cc1. The number of aromatic nitrogens is 2. The maximum atomic E-state index is 13.1. The van der Waals surface area contributed by atoms with E-state index in [-0.39, 0.29) is 17.8 Å². The van der Waals surface area contributed by atoms with Crippen LogP contribution in [0.3, 0.4) is 0 Å². The van der Waals surface area contributed by atoms with Crippen molar-refractivity contribution < 1.29 is 18.4 Å². The van der Waals surface area contributed by atoms with Crippen LogP contribution in [-0.4, -0.2) is 34.6 Å². The fraction of sp³-hybridized carbons (Fsp3) is 0.375. The van der Waals surface area contributed by atoms with Crippen molar-refractivity contribution in [1.29, 1.82) is 0 Å². The van der Waals surface area contributed by atoms with Crippen molar-refractivity contribution in [2.75, 3.05) is 13.7 Å². The van der Waals surface area contributed by atoms with Crippen LogP contribution in [0.5, 0.6) is 5.75 Å². The van der Waals surface area contributed by atoms with Gasteiger partial charge in [0.05, 0.1) is 13.2 Å². The molecule has 0 N–H and O–H groups in total. The summed E-state index contributed by atoms with van der Waals surface area (Å²) < 4.78 is 23.7. The fourth-order valence-electron chi connectivity index (χ4n) is 4.01. The van der Waals surface area contributed by atoms with Crippen LogP contribution >= 0.6 is 0 Å². The molecule has 1 aromatic heterocycles. The molecule has 1 fully saturated rings. The minimum atomic E-state index is -0.318. The Labute approximate surface area is 181 Å². The van der Waals surface area contributed by atoms with Gasteiger partial charge in [0.1, 0.15) is 11.6 Å². The third-order valence-corrected chi connectivity index (χ3v) is 5.70. The number of aryl methyl sites for hydroxylation is 1. The number of halogens is 1. The molecule has 0 saturated carbocycles. The molecule has 2 aromatic carbocycles. The van der Waals surface area contributed by atoms with Crippen molar-refractivity contribution in [2.24, 2.45) is 0 Å². The number of benzene rings is 2. The predicted octanol–water partition coefficient (Wildman–Crippen LogP) is 4.96. The van der Waals surface area contributed by atoms with Gasteiger partial charge in [0, 0.05) is 24.9 Å². The highest BCUT2D eigenvalue weighted by atomic mass is 19.1. The molecule has 0 spiro atoms. The summed E-state index contributed by atoms with van der Waals surface area (Å²) in [5, 5.41) is 3.96. The topological polar surface area (TPSA) is 68.5 Å². The standard InChI is InChI=1S/C24H26FN3O3/c1-30-20-12-8-17(9-13-20)21-5-3-2-4-16-28(21)23(29)15-14-22-26-24(27-31-22)18-6-10-19(25)11-7-18/h6-13,21H,2-5,14-16H2,1H3/t21-/m0/s1. The monoisotopic (exact) mass is 423 g/mol. The first-order valence-corrected chi connectivity index (χ1v) is 10.7. The van der Waals surface area contributed by atoms with Crippen LogP contribution in [0, 0.1) is 5.82 Å².